The molecule has 0 aromatic carbocycles. The van der Waals surface area contributed by atoms with E-state index in [1.54, 1.807) is 18.4 Å². The maximum Gasteiger partial charge on any atom is 0.306 e. The van der Waals surface area contributed by atoms with Gasteiger partial charge in [-0.15, -0.1) is 35.3 Å². The molecular formula is C18H30IN3O2S. The number of nitrogens with zero attached hydrogens (tertiary/aromatic N) is 1. The fourth-order valence-corrected chi connectivity index (χ4v) is 3.62. The number of rotatable bonds is 8. The van der Waals surface area contributed by atoms with Crippen molar-refractivity contribution in [1.82, 2.24) is 10.6 Å². The number of ether oxygens (including phenoxy) is 1. The van der Waals surface area contributed by atoms with Crippen molar-refractivity contribution in [2.24, 2.45) is 4.99 Å². The van der Waals surface area contributed by atoms with Crippen LogP contribution >= 0.6 is 35.3 Å². The van der Waals surface area contributed by atoms with Crippen molar-refractivity contribution in [1.29, 1.82) is 0 Å². The largest absolute Gasteiger partial charge is 0.462 e. The predicted molar refractivity (Wildman–Crippen MR) is 115 cm³/mol. The van der Waals surface area contributed by atoms with Crippen LogP contribution in [0.1, 0.15) is 56.2 Å². The number of carbonyl (C=O) groups excluding carboxylic acids is 1. The smallest absolute Gasteiger partial charge is 0.306 e. The van der Waals surface area contributed by atoms with Gasteiger partial charge in [-0.2, -0.15) is 0 Å². The van der Waals surface area contributed by atoms with Gasteiger partial charge in [0.15, 0.2) is 5.96 Å². The molecule has 2 rings (SSSR count). The van der Waals surface area contributed by atoms with E-state index in [1.165, 1.54) is 17.7 Å². The first-order valence-electron chi connectivity index (χ1n) is 8.86. The molecule has 1 unspecified atom stereocenters. The minimum absolute atomic E-state index is 0. The second-order valence-corrected chi connectivity index (χ2v) is 7.28. The maximum atomic E-state index is 11.8. The fourth-order valence-electron chi connectivity index (χ4n) is 2.83. The summed E-state index contributed by atoms with van der Waals surface area (Å²) >= 11 is 1.78. The molecule has 0 amide bonds. The first-order valence-corrected chi connectivity index (χ1v) is 9.74. The summed E-state index contributed by atoms with van der Waals surface area (Å²) in [5.74, 6) is 1.16. The van der Waals surface area contributed by atoms with Gasteiger partial charge in [0.25, 0.3) is 0 Å². The van der Waals surface area contributed by atoms with Crippen molar-refractivity contribution in [3.63, 3.8) is 0 Å². The zero-order chi connectivity index (χ0) is 17.2. The van der Waals surface area contributed by atoms with Gasteiger partial charge >= 0.3 is 5.97 Å². The monoisotopic (exact) mass is 479 g/mol. The SMILES string of the molecule is CN=C(NCCCC(=O)OC1CCCC1)NCC(C)c1cccs1.I. The van der Waals surface area contributed by atoms with Crippen LogP contribution in [0.3, 0.4) is 0 Å². The lowest BCUT2D eigenvalue weighted by atomic mass is 10.1. The van der Waals surface area contributed by atoms with Crippen molar-refractivity contribution in [3.05, 3.63) is 22.4 Å². The Kier molecular flexibility index (Phi) is 11.1. The van der Waals surface area contributed by atoms with Crippen LogP contribution in [0.25, 0.3) is 0 Å². The van der Waals surface area contributed by atoms with Crippen molar-refractivity contribution in [2.75, 3.05) is 20.1 Å². The van der Waals surface area contributed by atoms with Crippen LogP contribution in [0.15, 0.2) is 22.5 Å². The number of hydrogen-bond donors (Lipinski definition) is 2. The maximum absolute atomic E-state index is 11.8. The number of guanidine groups is 1. The van der Waals surface area contributed by atoms with Gasteiger partial charge in [-0.1, -0.05) is 13.0 Å². The number of halogens is 1. The van der Waals surface area contributed by atoms with Crippen molar-refractivity contribution < 1.29 is 9.53 Å². The van der Waals surface area contributed by atoms with Crippen molar-refractivity contribution in [2.45, 2.75) is 57.5 Å². The second-order valence-electron chi connectivity index (χ2n) is 6.30. The molecule has 0 aliphatic heterocycles. The van der Waals surface area contributed by atoms with Gasteiger partial charge < -0.3 is 15.4 Å². The van der Waals surface area contributed by atoms with E-state index in [1.807, 2.05) is 0 Å². The Morgan fingerprint density at radius 1 is 1.40 bits per heavy atom. The average Bonchev–Trinajstić information content (AvgIpc) is 3.27. The summed E-state index contributed by atoms with van der Waals surface area (Å²) in [7, 11) is 1.76. The van der Waals surface area contributed by atoms with Crippen LogP contribution in [0.5, 0.6) is 0 Å². The summed E-state index contributed by atoms with van der Waals surface area (Å²) in [6, 6.07) is 4.23. The van der Waals surface area contributed by atoms with Gasteiger partial charge in [-0.25, -0.2) is 0 Å². The van der Waals surface area contributed by atoms with Crippen LogP contribution in [0.2, 0.25) is 0 Å². The molecule has 1 fully saturated rings. The number of hydrogen-bond acceptors (Lipinski definition) is 4. The molecule has 142 valence electrons. The number of thiophene rings is 1. The van der Waals surface area contributed by atoms with Crippen LogP contribution in [-0.4, -0.2) is 38.2 Å². The van der Waals surface area contributed by atoms with E-state index in [9.17, 15) is 4.79 Å². The van der Waals surface area contributed by atoms with E-state index in [0.29, 0.717) is 18.9 Å². The molecule has 0 saturated heterocycles. The van der Waals surface area contributed by atoms with Gasteiger partial charge in [-0.05, 0) is 43.6 Å². The zero-order valence-electron chi connectivity index (χ0n) is 15.1. The molecule has 0 radical (unpaired) electrons. The van der Waals surface area contributed by atoms with Gasteiger partial charge in [-0.3, -0.25) is 9.79 Å². The van der Waals surface area contributed by atoms with Crippen LogP contribution in [-0.2, 0) is 9.53 Å². The minimum atomic E-state index is -0.0713. The standard InChI is InChI=1S/C18H29N3O2S.HI/c1-14(16-9-6-12-24-16)13-21-18(19-2)20-11-5-10-17(22)23-15-7-3-4-8-15;/h6,9,12,14-15H,3-5,7-8,10-11,13H2,1-2H3,(H2,19,20,21);1H. The van der Waals surface area contributed by atoms with Crippen LogP contribution < -0.4 is 10.6 Å². The Bertz CT molecular complexity index is 516. The Hall–Kier alpha value is -0.830. The van der Waals surface area contributed by atoms with E-state index < -0.39 is 0 Å². The fraction of sp³-hybridized carbons (Fsp3) is 0.667. The highest BCUT2D eigenvalue weighted by Crippen LogP contribution is 2.21. The average molecular weight is 479 g/mol. The summed E-state index contributed by atoms with van der Waals surface area (Å²) in [6.45, 7) is 3.75. The van der Waals surface area contributed by atoms with E-state index >= 15 is 0 Å². The molecule has 25 heavy (non-hydrogen) atoms. The molecule has 1 atom stereocenters. The molecule has 1 saturated carbocycles. The number of carbonyl (C=O) groups is 1. The lowest BCUT2D eigenvalue weighted by molar-refractivity contribution is -0.148. The van der Waals surface area contributed by atoms with E-state index in [0.717, 1.165) is 31.8 Å². The number of nitrogens with one attached hydrogen (secondary N) is 2. The Morgan fingerprint density at radius 3 is 2.80 bits per heavy atom. The Labute approximate surface area is 172 Å². The zero-order valence-corrected chi connectivity index (χ0v) is 18.3. The lowest BCUT2D eigenvalue weighted by Gasteiger charge is -2.15. The Balaban J connectivity index is 0.00000312. The molecular weight excluding hydrogens is 449 g/mol. The van der Waals surface area contributed by atoms with Crippen molar-refractivity contribution in [3.8, 4) is 0 Å². The first kappa shape index (κ1) is 22.2. The molecule has 5 nitrogen and oxygen atoms in total. The van der Waals surface area contributed by atoms with E-state index in [2.05, 4.69) is 40.1 Å². The molecule has 1 aromatic heterocycles. The molecule has 2 N–H and O–H groups in total. The second kappa shape index (κ2) is 12.5. The topological polar surface area (TPSA) is 62.7 Å². The molecule has 0 spiro atoms. The van der Waals surface area contributed by atoms with Crippen LogP contribution in [0.4, 0.5) is 0 Å². The molecule has 1 aliphatic carbocycles. The van der Waals surface area contributed by atoms with Crippen LogP contribution in [0, 0.1) is 0 Å². The van der Waals surface area contributed by atoms with Crippen molar-refractivity contribution >= 4 is 47.2 Å². The summed E-state index contributed by atoms with van der Waals surface area (Å²) in [4.78, 5) is 17.4. The Morgan fingerprint density at radius 2 is 2.16 bits per heavy atom. The van der Waals surface area contributed by atoms with E-state index in [-0.39, 0.29) is 36.0 Å². The summed E-state index contributed by atoms with van der Waals surface area (Å²) in [6.07, 6.45) is 5.82. The third-order valence-corrected chi connectivity index (χ3v) is 5.38. The summed E-state index contributed by atoms with van der Waals surface area (Å²) in [5, 5.41) is 8.69. The van der Waals surface area contributed by atoms with Gasteiger partial charge in [0.2, 0.25) is 0 Å². The van der Waals surface area contributed by atoms with Gasteiger partial charge in [0.1, 0.15) is 6.10 Å². The van der Waals surface area contributed by atoms with E-state index in [4.69, 9.17) is 4.74 Å². The number of esters is 1. The first-order chi connectivity index (χ1) is 11.7. The third kappa shape index (κ3) is 8.40. The highest BCUT2D eigenvalue weighted by molar-refractivity contribution is 14.0. The summed E-state index contributed by atoms with van der Waals surface area (Å²) < 4.78 is 5.45. The molecule has 0 bridgehead atoms. The molecule has 1 aliphatic rings. The lowest BCUT2D eigenvalue weighted by Crippen LogP contribution is -2.39. The van der Waals surface area contributed by atoms with Gasteiger partial charge in [0, 0.05) is 37.4 Å². The third-order valence-electron chi connectivity index (χ3n) is 4.28. The molecule has 1 heterocycles. The normalized spacial score (nSPS) is 16.2. The highest BCUT2D eigenvalue weighted by Gasteiger charge is 2.18. The predicted octanol–water partition coefficient (Wildman–Crippen LogP) is 3.90. The molecule has 1 aromatic rings. The quantitative estimate of drug-likeness (QED) is 0.195. The summed E-state index contributed by atoms with van der Waals surface area (Å²) in [5.41, 5.74) is 0. The van der Waals surface area contributed by atoms with Gasteiger partial charge in [0.05, 0.1) is 0 Å². The number of aliphatic imine (C=N–C) groups is 1. The molecule has 7 heteroatoms. The highest BCUT2D eigenvalue weighted by atomic mass is 127. The minimum Gasteiger partial charge on any atom is -0.462 e.